The highest BCUT2D eigenvalue weighted by atomic mass is 16.2. The van der Waals surface area contributed by atoms with Crippen LogP contribution in [0.15, 0.2) is 30.5 Å². The first-order chi connectivity index (χ1) is 10.1. The Bertz CT molecular complexity index is 708. The van der Waals surface area contributed by atoms with Gasteiger partial charge in [0, 0.05) is 24.4 Å². The SMILES string of the molecule is Cc1ccc(C#CCO)cc1C(=O)NCc1ccnn1C. The minimum atomic E-state index is -0.199. The summed E-state index contributed by atoms with van der Waals surface area (Å²) in [4.78, 5) is 12.3. The number of hydrogen-bond donors (Lipinski definition) is 2. The molecule has 5 heteroatoms. The van der Waals surface area contributed by atoms with Gasteiger partial charge in [-0.3, -0.25) is 9.48 Å². The Morgan fingerprint density at radius 3 is 2.90 bits per heavy atom. The minimum absolute atomic E-state index is 0.152. The summed E-state index contributed by atoms with van der Waals surface area (Å²) >= 11 is 0. The number of amides is 1. The molecular formula is C16H17N3O2. The normalized spacial score (nSPS) is 9.86. The van der Waals surface area contributed by atoms with Crippen molar-refractivity contribution in [3.8, 4) is 11.8 Å². The van der Waals surface area contributed by atoms with Crippen molar-refractivity contribution in [1.29, 1.82) is 0 Å². The summed E-state index contributed by atoms with van der Waals surface area (Å²) in [6.07, 6.45) is 1.69. The first kappa shape index (κ1) is 14.8. The molecule has 1 aromatic heterocycles. The summed E-state index contributed by atoms with van der Waals surface area (Å²) in [6.45, 7) is 2.10. The predicted octanol–water partition coefficient (Wildman–Crippen LogP) is 1.00. The Labute approximate surface area is 123 Å². The van der Waals surface area contributed by atoms with E-state index in [4.69, 9.17) is 5.11 Å². The molecule has 1 amide bonds. The van der Waals surface area contributed by atoms with E-state index in [1.807, 2.05) is 32.2 Å². The second kappa shape index (κ2) is 6.73. The summed E-state index contributed by atoms with van der Waals surface area (Å²) in [6, 6.07) is 7.27. The number of aryl methyl sites for hydroxylation is 2. The topological polar surface area (TPSA) is 67.2 Å². The van der Waals surface area contributed by atoms with Gasteiger partial charge in [-0.05, 0) is 30.7 Å². The molecule has 0 saturated heterocycles. The lowest BCUT2D eigenvalue weighted by Gasteiger charge is -2.08. The number of hydrogen-bond acceptors (Lipinski definition) is 3. The Kier molecular flexibility index (Phi) is 4.75. The molecule has 0 aliphatic rings. The van der Waals surface area contributed by atoms with E-state index >= 15 is 0 Å². The smallest absolute Gasteiger partial charge is 0.251 e. The van der Waals surface area contributed by atoms with E-state index in [0.717, 1.165) is 11.3 Å². The number of carbonyl (C=O) groups is 1. The summed E-state index contributed by atoms with van der Waals surface area (Å²) in [7, 11) is 1.83. The average Bonchev–Trinajstić information content (AvgIpc) is 2.89. The van der Waals surface area contributed by atoms with Crippen LogP contribution in [-0.4, -0.2) is 27.4 Å². The van der Waals surface area contributed by atoms with Crippen LogP contribution in [0.4, 0.5) is 0 Å². The molecule has 0 saturated carbocycles. The lowest BCUT2D eigenvalue weighted by atomic mass is 10.0. The van der Waals surface area contributed by atoms with Gasteiger partial charge >= 0.3 is 0 Å². The highest BCUT2D eigenvalue weighted by Gasteiger charge is 2.10. The van der Waals surface area contributed by atoms with Crippen molar-refractivity contribution in [1.82, 2.24) is 15.1 Å². The van der Waals surface area contributed by atoms with Gasteiger partial charge in [-0.25, -0.2) is 0 Å². The number of aromatic nitrogens is 2. The summed E-state index contributed by atoms with van der Waals surface area (Å²) in [5.41, 5.74) is 3.10. The molecule has 0 radical (unpaired) electrons. The van der Waals surface area contributed by atoms with E-state index in [-0.39, 0.29) is 12.5 Å². The first-order valence-corrected chi connectivity index (χ1v) is 6.57. The third-order valence-corrected chi connectivity index (χ3v) is 3.15. The number of aliphatic hydroxyl groups is 1. The number of nitrogens with one attached hydrogen (secondary N) is 1. The highest BCUT2D eigenvalue weighted by molar-refractivity contribution is 5.95. The molecule has 0 unspecified atom stereocenters. The molecule has 1 aromatic carbocycles. The van der Waals surface area contributed by atoms with E-state index < -0.39 is 0 Å². The third-order valence-electron chi connectivity index (χ3n) is 3.15. The van der Waals surface area contributed by atoms with Crippen LogP contribution < -0.4 is 5.32 Å². The maximum Gasteiger partial charge on any atom is 0.251 e. The average molecular weight is 283 g/mol. The standard InChI is InChI=1S/C16H17N3O2/c1-12-5-6-13(4-3-9-20)10-15(12)16(21)17-11-14-7-8-18-19(14)2/h5-8,10,20H,9,11H2,1-2H3,(H,17,21). The van der Waals surface area contributed by atoms with Gasteiger partial charge in [0.15, 0.2) is 0 Å². The van der Waals surface area contributed by atoms with Crippen molar-refractivity contribution < 1.29 is 9.90 Å². The van der Waals surface area contributed by atoms with Crippen LogP contribution in [0.25, 0.3) is 0 Å². The van der Waals surface area contributed by atoms with Gasteiger partial charge in [0.2, 0.25) is 0 Å². The van der Waals surface area contributed by atoms with Crippen molar-refractivity contribution in [2.24, 2.45) is 7.05 Å². The van der Waals surface area contributed by atoms with Crippen LogP contribution in [0.5, 0.6) is 0 Å². The second-order valence-corrected chi connectivity index (χ2v) is 4.62. The zero-order chi connectivity index (χ0) is 15.2. The fourth-order valence-electron chi connectivity index (χ4n) is 1.93. The zero-order valence-electron chi connectivity index (χ0n) is 12.1. The Morgan fingerprint density at radius 2 is 2.24 bits per heavy atom. The zero-order valence-corrected chi connectivity index (χ0v) is 12.1. The van der Waals surface area contributed by atoms with Crippen molar-refractivity contribution in [2.75, 3.05) is 6.61 Å². The maximum absolute atomic E-state index is 12.3. The molecule has 1 heterocycles. The van der Waals surface area contributed by atoms with Gasteiger partial charge in [-0.2, -0.15) is 5.10 Å². The van der Waals surface area contributed by atoms with Crippen molar-refractivity contribution in [2.45, 2.75) is 13.5 Å². The Balaban J connectivity index is 2.13. The molecule has 5 nitrogen and oxygen atoms in total. The lowest BCUT2D eigenvalue weighted by Crippen LogP contribution is -2.24. The maximum atomic E-state index is 12.3. The fraction of sp³-hybridized carbons (Fsp3) is 0.250. The summed E-state index contributed by atoms with van der Waals surface area (Å²) in [5, 5.41) is 15.6. The van der Waals surface area contributed by atoms with Gasteiger partial charge < -0.3 is 10.4 Å². The van der Waals surface area contributed by atoms with E-state index in [2.05, 4.69) is 22.3 Å². The molecule has 2 aromatic rings. The molecule has 0 aliphatic heterocycles. The minimum Gasteiger partial charge on any atom is -0.384 e. The second-order valence-electron chi connectivity index (χ2n) is 4.62. The lowest BCUT2D eigenvalue weighted by molar-refractivity contribution is 0.0949. The number of nitrogens with zero attached hydrogens (tertiary/aromatic N) is 2. The van der Waals surface area contributed by atoms with Crippen LogP contribution in [0.2, 0.25) is 0 Å². The number of aliphatic hydroxyl groups excluding tert-OH is 1. The Hall–Kier alpha value is -2.58. The highest BCUT2D eigenvalue weighted by Crippen LogP contribution is 2.11. The molecular weight excluding hydrogens is 266 g/mol. The fourth-order valence-corrected chi connectivity index (χ4v) is 1.93. The van der Waals surface area contributed by atoms with E-state index in [0.29, 0.717) is 17.7 Å². The van der Waals surface area contributed by atoms with Gasteiger partial charge in [-0.15, -0.1) is 0 Å². The number of carbonyl (C=O) groups excluding carboxylic acids is 1. The van der Waals surface area contributed by atoms with Crippen LogP contribution >= 0.6 is 0 Å². The van der Waals surface area contributed by atoms with Gasteiger partial charge in [0.1, 0.15) is 6.61 Å². The molecule has 21 heavy (non-hydrogen) atoms. The molecule has 2 N–H and O–H groups in total. The van der Waals surface area contributed by atoms with Crippen molar-refractivity contribution in [3.63, 3.8) is 0 Å². The van der Waals surface area contributed by atoms with Crippen molar-refractivity contribution >= 4 is 5.91 Å². The van der Waals surface area contributed by atoms with E-state index in [9.17, 15) is 4.79 Å². The Morgan fingerprint density at radius 1 is 1.43 bits per heavy atom. The largest absolute Gasteiger partial charge is 0.384 e. The number of benzene rings is 1. The quantitative estimate of drug-likeness (QED) is 0.826. The van der Waals surface area contributed by atoms with Crippen LogP contribution in [0, 0.1) is 18.8 Å². The van der Waals surface area contributed by atoms with Crippen LogP contribution in [0.1, 0.15) is 27.2 Å². The van der Waals surface area contributed by atoms with E-state index in [1.54, 1.807) is 16.9 Å². The third kappa shape index (κ3) is 3.71. The molecule has 0 aliphatic carbocycles. The van der Waals surface area contributed by atoms with Crippen LogP contribution in [-0.2, 0) is 13.6 Å². The summed E-state index contributed by atoms with van der Waals surface area (Å²) in [5.74, 6) is 5.22. The first-order valence-electron chi connectivity index (χ1n) is 6.57. The molecule has 0 atom stereocenters. The molecule has 108 valence electrons. The molecule has 0 fully saturated rings. The van der Waals surface area contributed by atoms with E-state index in [1.165, 1.54) is 0 Å². The van der Waals surface area contributed by atoms with Gasteiger partial charge in [-0.1, -0.05) is 17.9 Å². The van der Waals surface area contributed by atoms with Crippen LogP contribution in [0.3, 0.4) is 0 Å². The molecule has 0 bridgehead atoms. The molecule has 2 rings (SSSR count). The van der Waals surface area contributed by atoms with Gasteiger partial charge in [0.05, 0.1) is 12.2 Å². The summed E-state index contributed by atoms with van der Waals surface area (Å²) < 4.78 is 1.72. The van der Waals surface area contributed by atoms with Gasteiger partial charge in [0.25, 0.3) is 5.91 Å². The predicted molar refractivity (Wildman–Crippen MR) is 79.5 cm³/mol. The molecule has 0 spiro atoms. The number of rotatable bonds is 3. The monoisotopic (exact) mass is 283 g/mol. The van der Waals surface area contributed by atoms with Crippen molar-refractivity contribution in [3.05, 3.63) is 52.8 Å².